The molecule has 0 spiro atoms. The molecule has 0 saturated carbocycles. The molecule has 0 bridgehead atoms. The molecule has 4 aromatic carbocycles. The molecule has 5 nitrogen and oxygen atoms in total. The molecule has 0 unspecified atom stereocenters. The second-order valence-corrected chi connectivity index (χ2v) is 8.65. The maximum atomic E-state index is 13.6. The van der Waals surface area contributed by atoms with Crippen molar-refractivity contribution in [2.75, 3.05) is 6.61 Å². The van der Waals surface area contributed by atoms with Crippen molar-refractivity contribution in [1.29, 1.82) is 0 Å². The number of halogens is 1. The van der Waals surface area contributed by atoms with Crippen molar-refractivity contribution in [1.82, 2.24) is 10.2 Å². The summed E-state index contributed by atoms with van der Waals surface area (Å²) in [6.45, 7) is 0.336. The van der Waals surface area contributed by atoms with E-state index < -0.39 is 6.04 Å². The second-order valence-electron chi connectivity index (χ2n) is 8.24. The molecule has 0 heterocycles. The third-order valence-electron chi connectivity index (χ3n) is 5.69. The minimum atomic E-state index is -0.850. The third-order valence-corrected chi connectivity index (χ3v) is 6.00. The normalized spacial score (nSPS) is 11.4. The molecular formula is C30H27ClN2O3. The van der Waals surface area contributed by atoms with Crippen LogP contribution in [0, 0.1) is 0 Å². The van der Waals surface area contributed by atoms with Crippen LogP contribution < -0.4 is 10.1 Å². The fourth-order valence-electron chi connectivity index (χ4n) is 3.88. The number of para-hydroxylation sites is 1. The van der Waals surface area contributed by atoms with E-state index in [1.54, 1.807) is 29.2 Å². The number of carbonyl (C=O) groups excluding carboxylic acids is 2. The lowest BCUT2D eigenvalue weighted by molar-refractivity contribution is -0.143. The minimum Gasteiger partial charge on any atom is -0.482 e. The van der Waals surface area contributed by atoms with Crippen molar-refractivity contribution in [2.24, 2.45) is 0 Å². The fourth-order valence-corrected chi connectivity index (χ4v) is 4.07. The maximum Gasteiger partial charge on any atom is 0.261 e. The number of hydrogen-bond acceptors (Lipinski definition) is 3. The van der Waals surface area contributed by atoms with E-state index in [0.717, 1.165) is 11.1 Å². The molecule has 0 saturated heterocycles. The van der Waals surface area contributed by atoms with Gasteiger partial charge >= 0.3 is 0 Å². The Morgan fingerprint density at radius 3 is 1.94 bits per heavy atom. The van der Waals surface area contributed by atoms with Crippen molar-refractivity contribution in [3.05, 3.63) is 137 Å². The maximum absolute atomic E-state index is 13.6. The Balaban J connectivity index is 1.62. The zero-order valence-electron chi connectivity index (χ0n) is 19.7. The van der Waals surface area contributed by atoms with E-state index in [4.69, 9.17) is 16.3 Å². The van der Waals surface area contributed by atoms with E-state index in [1.807, 2.05) is 91.0 Å². The smallest absolute Gasteiger partial charge is 0.261 e. The van der Waals surface area contributed by atoms with Crippen LogP contribution in [0.1, 0.15) is 22.7 Å². The number of benzene rings is 4. The molecule has 1 N–H and O–H groups in total. The Hall–Kier alpha value is -4.09. The van der Waals surface area contributed by atoms with Crippen LogP contribution in [0.25, 0.3) is 0 Å². The van der Waals surface area contributed by atoms with E-state index in [2.05, 4.69) is 5.32 Å². The highest BCUT2D eigenvalue weighted by molar-refractivity contribution is 6.32. The standard InChI is InChI=1S/C30H27ClN2O3/c31-26-18-10-11-19-27(26)36-22-28(34)33(21-24-14-6-2-7-15-24)29(25-16-8-3-9-17-25)30(35)32-20-23-12-4-1-5-13-23/h1-19,29H,20-22H2,(H,32,35)/t29-/m0/s1. The minimum absolute atomic E-state index is 0.240. The summed E-state index contributed by atoms with van der Waals surface area (Å²) in [5, 5.41) is 3.42. The van der Waals surface area contributed by atoms with Gasteiger partial charge in [0.25, 0.3) is 5.91 Å². The molecule has 0 radical (unpaired) electrons. The lowest BCUT2D eigenvalue weighted by atomic mass is 10.0. The largest absolute Gasteiger partial charge is 0.482 e. The van der Waals surface area contributed by atoms with Gasteiger partial charge in [0.15, 0.2) is 6.61 Å². The molecule has 4 aromatic rings. The van der Waals surface area contributed by atoms with Gasteiger partial charge in [-0.3, -0.25) is 9.59 Å². The number of nitrogens with one attached hydrogen (secondary N) is 1. The molecule has 4 rings (SSSR count). The average molecular weight is 499 g/mol. The van der Waals surface area contributed by atoms with Crippen LogP contribution >= 0.6 is 11.6 Å². The highest BCUT2D eigenvalue weighted by atomic mass is 35.5. The summed E-state index contributed by atoms with van der Waals surface area (Å²) in [5.74, 6) is -0.188. The van der Waals surface area contributed by atoms with Gasteiger partial charge in [-0.2, -0.15) is 0 Å². The van der Waals surface area contributed by atoms with Crippen LogP contribution in [-0.2, 0) is 22.7 Å². The lowest BCUT2D eigenvalue weighted by Crippen LogP contribution is -2.45. The summed E-state index contributed by atoms with van der Waals surface area (Å²) in [6, 6.07) is 34.7. The molecule has 0 aliphatic rings. The van der Waals surface area contributed by atoms with Gasteiger partial charge in [0, 0.05) is 13.1 Å². The zero-order valence-corrected chi connectivity index (χ0v) is 20.5. The van der Waals surface area contributed by atoms with Gasteiger partial charge in [-0.25, -0.2) is 0 Å². The molecule has 1 atom stereocenters. The molecule has 182 valence electrons. The highest BCUT2D eigenvalue weighted by Crippen LogP contribution is 2.26. The Labute approximate surface area is 216 Å². The number of nitrogens with zero attached hydrogens (tertiary/aromatic N) is 1. The van der Waals surface area contributed by atoms with Crippen molar-refractivity contribution in [2.45, 2.75) is 19.1 Å². The Bertz CT molecular complexity index is 1270. The summed E-state index contributed by atoms with van der Waals surface area (Å²) in [4.78, 5) is 28.8. The van der Waals surface area contributed by atoms with Gasteiger partial charge in [0.05, 0.1) is 5.02 Å². The molecule has 2 amide bonds. The van der Waals surface area contributed by atoms with Crippen LogP contribution in [0.2, 0.25) is 5.02 Å². The van der Waals surface area contributed by atoms with Crippen molar-refractivity contribution in [3.63, 3.8) is 0 Å². The van der Waals surface area contributed by atoms with Gasteiger partial charge in [0.1, 0.15) is 11.8 Å². The summed E-state index contributed by atoms with van der Waals surface area (Å²) >= 11 is 6.21. The second kappa shape index (κ2) is 12.6. The summed E-state index contributed by atoms with van der Waals surface area (Å²) in [6.07, 6.45) is 0. The topological polar surface area (TPSA) is 58.6 Å². The number of ether oxygens (including phenoxy) is 1. The van der Waals surface area contributed by atoms with Crippen LogP contribution in [-0.4, -0.2) is 23.3 Å². The molecule has 0 aliphatic heterocycles. The van der Waals surface area contributed by atoms with E-state index in [1.165, 1.54) is 0 Å². The Kier molecular flexibility index (Phi) is 8.73. The molecule has 0 aromatic heterocycles. The molecule has 6 heteroatoms. The monoisotopic (exact) mass is 498 g/mol. The number of amides is 2. The van der Waals surface area contributed by atoms with Gasteiger partial charge in [-0.15, -0.1) is 0 Å². The average Bonchev–Trinajstić information content (AvgIpc) is 2.92. The third kappa shape index (κ3) is 6.74. The molecule has 0 aliphatic carbocycles. The number of hydrogen-bond donors (Lipinski definition) is 1. The number of carbonyl (C=O) groups is 2. The summed E-state index contributed by atoms with van der Waals surface area (Å²) < 4.78 is 5.76. The van der Waals surface area contributed by atoms with Crippen molar-refractivity contribution >= 4 is 23.4 Å². The Morgan fingerprint density at radius 1 is 0.750 bits per heavy atom. The predicted molar refractivity (Wildman–Crippen MR) is 141 cm³/mol. The van der Waals surface area contributed by atoms with Crippen molar-refractivity contribution < 1.29 is 14.3 Å². The first-order valence-electron chi connectivity index (χ1n) is 11.7. The van der Waals surface area contributed by atoms with Crippen LogP contribution in [0.3, 0.4) is 0 Å². The van der Waals surface area contributed by atoms with Crippen LogP contribution in [0.4, 0.5) is 0 Å². The lowest BCUT2D eigenvalue weighted by Gasteiger charge is -2.31. The SMILES string of the molecule is O=C(NCc1ccccc1)[C@H](c1ccccc1)N(Cc1ccccc1)C(=O)COc1ccccc1Cl. The quantitative estimate of drug-likeness (QED) is 0.300. The van der Waals surface area contributed by atoms with Gasteiger partial charge in [0.2, 0.25) is 5.91 Å². The molecular weight excluding hydrogens is 472 g/mol. The fraction of sp³-hybridized carbons (Fsp3) is 0.133. The van der Waals surface area contributed by atoms with Crippen LogP contribution in [0.5, 0.6) is 5.75 Å². The van der Waals surface area contributed by atoms with E-state index in [-0.39, 0.29) is 25.0 Å². The van der Waals surface area contributed by atoms with E-state index in [9.17, 15) is 9.59 Å². The summed E-state index contributed by atoms with van der Waals surface area (Å²) in [5.41, 5.74) is 2.59. The highest BCUT2D eigenvalue weighted by Gasteiger charge is 2.31. The number of rotatable bonds is 10. The molecule has 0 fully saturated rings. The van der Waals surface area contributed by atoms with Crippen molar-refractivity contribution in [3.8, 4) is 5.75 Å². The first-order valence-corrected chi connectivity index (χ1v) is 12.1. The van der Waals surface area contributed by atoms with Gasteiger partial charge in [-0.05, 0) is 28.8 Å². The van der Waals surface area contributed by atoms with Gasteiger partial charge in [-0.1, -0.05) is 115 Å². The Morgan fingerprint density at radius 2 is 1.31 bits per heavy atom. The first-order chi connectivity index (χ1) is 17.6. The van der Waals surface area contributed by atoms with E-state index in [0.29, 0.717) is 22.9 Å². The van der Waals surface area contributed by atoms with Crippen LogP contribution in [0.15, 0.2) is 115 Å². The van der Waals surface area contributed by atoms with Gasteiger partial charge < -0.3 is 15.0 Å². The summed E-state index contributed by atoms with van der Waals surface area (Å²) in [7, 11) is 0. The predicted octanol–water partition coefficient (Wildman–Crippen LogP) is 5.81. The first kappa shape index (κ1) is 25.0. The molecule has 36 heavy (non-hydrogen) atoms. The zero-order chi connectivity index (χ0) is 25.2. The van der Waals surface area contributed by atoms with E-state index >= 15 is 0 Å².